The molecule has 0 bridgehead atoms. The lowest BCUT2D eigenvalue weighted by molar-refractivity contribution is 0.151. The van der Waals surface area contributed by atoms with Gasteiger partial charge in [0.15, 0.2) is 0 Å². The molecule has 1 unspecified atom stereocenters. The van der Waals surface area contributed by atoms with Crippen molar-refractivity contribution in [1.29, 1.82) is 0 Å². The van der Waals surface area contributed by atoms with Gasteiger partial charge < -0.3 is 5.32 Å². The van der Waals surface area contributed by atoms with E-state index in [0.29, 0.717) is 6.04 Å². The Morgan fingerprint density at radius 2 is 1.96 bits per heavy atom. The normalized spacial score (nSPS) is 17.8. The van der Waals surface area contributed by atoms with Gasteiger partial charge >= 0.3 is 0 Å². The molecule has 1 aliphatic heterocycles. The number of rotatable bonds is 4. The lowest BCUT2D eigenvalue weighted by Crippen LogP contribution is -2.45. The van der Waals surface area contributed by atoms with E-state index in [1.807, 2.05) is 47.5 Å². The van der Waals surface area contributed by atoms with E-state index in [1.54, 1.807) is 0 Å². The first-order chi connectivity index (χ1) is 11.9. The summed E-state index contributed by atoms with van der Waals surface area (Å²) in [5.41, 5.74) is 3.44. The van der Waals surface area contributed by atoms with Crippen LogP contribution in [0.4, 0.5) is 0 Å². The quantitative estimate of drug-likeness (QED) is 0.781. The van der Waals surface area contributed by atoms with Crippen molar-refractivity contribution in [3.63, 3.8) is 0 Å². The third kappa shape index (κ3) is 4.07. The molecule has 1 atom stereocenters. The molecule has 0 saturated carbocycles. The summed E-state index contributed by atoms with van der Waals surface area (Å²) in [5, 5.41) is 8.23. The zero-order valence-electron chi connectivity index (χ0n) is 14.0. The van der Waals surface area contributed by atoms with Gasteiger partial charge in [-0.2, -0.15) is 5.10 Å². The average molecular weight is 356 g/mol. The predicted octanol–water partition coefficient (Wildman–Crippen LogP) is 2.84. The van der Waals surface area contributed by atoms with E-state index in [-0.39, 0.29) is 12.4 Å². The largest absolute Gasteiger partial charge is 0.314 e. The Labute approximate surface area is 154 Å². The molecular formula is C19H22ClN5. The third-order valence-corrected chi connectivity index (χ3v) is 4.45. The van der Waals surface area contributed by atoms with Crippen LogP contribution in [0.1, 0.15) is 17.3 Å². The van der Waals surface area contributed by atoms with Crippen LogP contribution in [0.5, 0.6) is 0 Å². The van der Waals surface area contributed by atoms with Crippen LogP contribution in [0.3, 0.4) is 0 Å². The van der Waals surface area contributed by atoms with Gasteiger partial charge in [0.25, 0.3) is 0 Å². The van der Waals surface area contributed by atoms with Crippen LogP contribution in [0, 0.1) is 0 Å². The van der Waals surface area contributed by atoms with Crippen LogP contribution < -0.4 is 5.32 Å². The molecule has 4 rings (SSSR count). The van der Waals surface area contributed by atoms with Gasteiger partial charge in [0, 0.05) is 50.8 Å². The molecule has 0 radical (unpaired) electrons. The van der Waals surface area contributed by atoms with E-state index in [1.165, 1.54) is 5.56 Å². The van der Waals surface area contributed by atoms with Crippen LogP contribution in [-0.4, -0.2) is 39.3 Å². The highest BCUT2D eigenvalue weighted by Gasteiger charge is 2.24. The van der Waals surface area contributed by atoms with Crippen molar-refractivity contribution in [2.75, 3.05) is 19.6 Å². The monoisotopic (exact) mass is 355 g/mol. The van der Waals surface area contributed by atoms with Crippen molar-refractivity contribution in [2.24, 2.45) is 0 Å². The summed E-state index contributed by atoms with van der Waals surface area (Å²) >= 11 is 0. The van der Waals surface area contributed by atoms with Crippen LogP contribution in [0.2, 0.25) is 0 Å². The van der Waals surface area contributed by atoms with Gasteiger partial charge in [0.2, 0.25) is 0 Å². The summed E-state index contributed by atoms with van der Waals surface area (Å²) in [4.78, 5) is 6.75. The number of para-hydroxylation sites is 1. The fourth-order valence-corrected chi connectivity index (χ4v) is 3.22. The summed E-state index contributed by atoms with van der Waals surface area (Å²) in [5.74, 6) is 0. The van der Waals surface area contributed by atoms with Crippen molar-refractivity contribution < 1.29 is 0 Å². The molecular weight excluding hydrogens is 334 g/mol. The molecule has 1 aromatic carbocycles. The Morgan fingerprint density at radius 1 is 1.08 bits per heavy atom. The zero-order valence-corrected chi connectivity index (χ0v) is 14.8. The number of hydrogen-bond donors (Lipinski definition) is 1. The second-order valence-corrected chi connectivity index (χ2v) is 6.06. The van der Waals surface area contributed by atoms with Crippen molar-refractivity contribution in [2.45, 2.75) is 12.6 Å². The van der Waals surface area contributed by atoms with Gasteiger partial charge in [-0.25, -0.2) is 4.68 Å². The minimum absolute atomic E-state index is 0. The maximum absolute atomic E-state index is 4.74. The number of nitrogens with zero attached hydrogens (tertiary/aromatic N) is 4. The second-order valence-electron chi connectivity index (χ2n) is 6.06. The SMILES string of the molecule is Cl.c1ccc(-n2ccc(CN3CCNCC3c3cccnc3)n2)cc1. The molecule has 130 valence electrons. The van der Waals surface area contributed by atoms with E-state index in [9.17, 15) is 0 Å². The Kier molecular flexibility index (Phi) is 5.81. The van der Waals surface area contributed by atoms with Crippen molar-refractivity contribution in [3.05, 3.63) is 78.4 Å². The van der Waals surface area contributed by atoms with Crippen LogP contribution in [-0.2, 0) is 6.54 Å². The molecule has 1 N–H and O–H groups in total. The van der Waals surface area contributed by atoms with E-state index < -0.39 is 0 Å². The molecule has 0 aliphatic carbocycles. The van der Waals surface area contributed by atoms with Gasteiger partial charge in [-0.15, -0.1) is 12.4 Å². The van der Waals surface area contributed by atoms with E-state index in [0.717, 1.165) is 37.6 Å². The molecule has 5 nitrogen and oxygen atoms in total. The molecule has 3 aromatic rings. The lowest BCUT2D eigenvalue weighted by atomic mass is 10.1. The zero-order chi connectivity index (χ0) is 16.2. The molecule has 0 amide bonds. The van der Waals surface area contributed by atoms with E-state index >= 15 is 0 Å². The molecule has 2 aromatic heterocycles. The summed E-state index contributed by atoms with van der Waals surface area (Å²) in [7, 11) is 0. The Morgan fingerprint density at radius 3 is 2.76 bits per heavy atom. The first kappa shape index (κ1) is 17.6. The number of pyridine rings is 1. The maximum atomic E-state index is 4.74. The highest BCUT2D eigenvalue weighted by atomic mass is 35.5. The third-order valence-electron chi connectivity index (χ3n) is 4.45. The predicted molar refractivity (Wildman–Crippen MR) is 101 cm³/mol. The molecule has 6 heteroatoms. The number of nitrogens with one attached hydrogen (secondary N) is 1. The van der Waals surface area contributed by atoms with Crippen molar-refractivity contribution in [1.82, 2.24) is 25.0 Å². The smallest absolute Gasteiger partial charge is 0.0769 e. The topological polar surface area (TPSA) is 46.0 Å². The summed E-state index contributed by atoms with van der Waals surface area (Å²) < 4.78 is 1.94. The van der Waals surface area contributed by atoms with Crippen molar-refractivity contribution >= 4 is 12.4 Å². The van der Waals surface area contributed by atoms with Crippen LogP contribution in [0.15, 0.2) is 67.1 Å². The molecule has 1 fully saturated rings. The minimum Gasteiger partial charge on any atom is -0.314 e. The molecule has 0 spiro atoms. The fraction of sp³-hybridized carbons (Fsp3) is 0.263. The first-order valence-electron chi connectivity index (χ1n) is 8.35. The number of aromatic nitrogens is 3. The fourth-order valence-electron chi connectivity index (χ4n) is 3.22. The lowest BCUT2D eigenvalue weighted by Gasteiger charge is -2.35. The molecule has 3 heterocycles. The molecule has 1 aliphatic rings. The summed E-state index contributed by atoms with van der Waals surface area (Å²) in [6.45, 7) is 3.82. The summed E-state index contributed by atoms with van der Waals surface area (Å²) in [6, 6.07) is 16.8. The van der Waals surface area contributed by atoms with E-state index in [4.69, 9.17) is 5.10 Å². The van der Waals surface area contributed by atoms with Crippen molar-refractivity contribution in [3.8, 4) is 5.69 Å². The molecule has 1 saturated heterocycles. The Balaban J connectivity index is 0.00000182. The highest BCUT2D eigenvalue weighted by Crippen LogP contribution is 2.23. The average Bonchev–Trinajstić information content (AvgIpc) is 3.12. The standard InChI is InChI=1S/C19H21N5.ClH/c1-2-6-18(7-3-1)24-11-8-17(22-24)15-23-12-10-21-14-19(23)16-5-4-9-20-13-16;/h1-9,11,13,19,21H,10,12,14-15H2;1H. The highest BCUT2D eigenvalue weighted by molar-refractivity contribution is 5.85. The maximum Gasteiger partial charge on any atom is 0.0769 e. The van der Waals surface area contributed by atoms with Gasteiger partial charge in [-0.1, -0.05) is 24.3 Å². The Bertz CT molecular complexity index is 775. The molecule has 25 heavy (non-hydrogen) atoms. The van der Waals surface area contributed by atoms with Gasteiger partial charge in [0.1, 0.15) is 0 Å². The van der Waals surface area contributed by atoms with E-state index in [2.05, 4.69) is 39.5 Å². The number of piperazine rings is 1. The van der Waals surface area contributed by atoms with Gasteiger partial charge in [-0.05, 0) is 29.8 Å². The van der Waals surface area contributed by atoms with Crippen LogP contribution >= 0.6 is 12.4 Å². The van der Waals surface area contributed by atoms with Gasteiger partial charge in [-0.3, -0.25) is 9.88 Å². The number of halogens is 1. The Hall–Kier alpha value is -2.21. The van der Waals surface area contributed by atoms with Crippen LogP contribution in [0.25, 0.3) is 5.69 Å². The van der Waals surface area contributed by atoms with Gasteiger partial charge in [0.05, 0.1) is 11.4 Å². The summed E-state index contributed by atoms with van der Waals surface area (Å²) in [6.07, 6.45) is 5.82. The number of benzene rings is 1. The second kappa shape index (κ2) is 8.25. The minimum atomic E-state index is 0. The first-order valence-corrected chi connectivity index (χ1v) is 8.35. The number of hydrogen-bond acceptors (Lipinski definition) is 4.